The number of aromatic nitrogens is 2. The van der Waals surface area contributed by atoms with Gasteiger partial charge in [-0.3, -0.25) is 9.48 Å². The topological polar surface area (TPSA) is 50.2 Å². The van der Waals surface area contributed by atoms with Crippen molar-refractivity contribution < 1.29 is 4.79 Å². The first-order valence-electron chi connectivity index (χ1n) is 6.12. The second-order valence-corrected chi connectivity index (χ2v) is 4.74. The Balaban J connectivity index is 1.93. The van der Waals surface area contributed by atoms with Gasteiger partial charge in [-0.05, 0) is 37.9 Å². The zero-order valence-electron chi connectivity index (χ0n) is 10.5. The highest BCUT2D eigenvalue weighted by Gasteiger charge is 2.20. The summed E-state index contributed by atoms with van der Waals surface area (Å²) in [4.78, 5) is 13.9. The minimum absolute atomic E-state index is 0.0515. The lowest BCUT2D eigenvalue weighted by atomic mass is 9.99. The van der Waals surface area contributed by atoms with Gasteiger partial charge in [0, 0.05) is 26.8 Å². The van der Waals surface area contributed by atoms with Gasteiger partial charge in [0.05, 0.1) is 0 Å². The van der Waals surface area contributed by atoms with Crippen LogP contribution in [0, 0.1) is 5.92 Å². The van der Waals surface area contributed by atoms with Gasteiger partial charge in [0.25, 0.3) is 5.91 Å². The van der Waals surface area contributed by atoms with Gasteiger partial charge >= 0.3 is 0 Å². The fourth-order valence-electron chi connectivity index (χ4n) is 2.33. The maximum Gasteiger partial charge on any atom is 0.271 e. The third-order valence-electron chi connectivity index (χ3n) is 3.32. The molecule has 2 rings (SSSR count). The first-order chi connectivity index (χ1) is 8.18. The molecule has 94 valence electrons. The van der Waals surface area contributed by atoms with Crippen LogP contribution in [0.3, 0.4) is 0 Å². The summed E-state index contributed by atoms with van der Waals surface area (Å²) in [5.74, 6) is 0.626. The molecule has 1 unspecified atom stereocenters. The summed E-state index contributed by atoms with van der Waals surface area (Å²) in [5.41, 5.74) is 0.649. The van der Waals surface area contributed by atoms with Gasteiger partial charge in [-0.15, -0.1) is 0 Å². The van der Waals surface area contributed by atoms with Crippen molar-refractivity contribution in [2.45, 2.75) is 12.8 Å². The molecule has 1 fully saturated rings. The third-order valence-corrected chi connectivity index (χ3v) is 3.32. The molecule has 0 radical (unpaired) electrons. The van der Waals surface area contributed by atoms with Crippen LogP contribution in [0.2, 0.25) is 0 Å². The average molecular weight is 236 g/mol. The maximum atomic E-state index is 12.1. The number of carbonyl (C=O) groups excluding carboxylic acids is 1. The summed E-state index contributed by atoms with van der Waals surface area (Å²) in [7, 11) is 3.66. The van der Waals surface area contributed by atoms with Gasteiger partial charge in [0.15, 0.2) is 0 Å². The minimum Gasteiger partial charge on any atom is -0.340 e. The molecule has 0 saturated carbocycles. The van der Waals surface area contributed by atoms with E-state index in [2.05, 4.69) is 10.4 Å². The molecule has 1 aliphatic heterocycles. The fraction of sp³-hybridized carbons (Fsp3) is 0.667. The van der Waals surface area contributed by atoms with E-state index in [0.717, 1.165) is 19.6 Å². The lowest BCUT2D eigenvalue weighted by Gasteiger charge is -2.27. The van der Waals surface area contributed by atoms with Crippen molar-refractivity contribution in [1.29, 1.82) is 0 Å². The van der Waals surface area contributed by atoms with Crippen LogP contribution >= 0.6 is 0 Å². The largest absolute Gasteiger partial charge is 0.340 e. The fourth-order valence-corrected chi connectivity index (χ4v) is 2.33. The summed E-state index contributed by atoms with van der Waals surface area (Å²) in [5, 5.41) is 7.39. The molecule has 0 bridgehead atoms. The molecule has 5 heteroatoms. The van der Waals surface area contributed by atoms with E-state index >= 15 is 0 Å². The Morgan fingerprint density at radius 1 is 1.71 bits per heavy atom. The zero-order valence-corrected chi connectivity index (χ0v) is 10.5. The van der Waals surface area contributed by atoms with Crippen molar-refractivity contribution in [2.75, 3.05) is 26.7 Å². The second-order valence-electron chi connectivity index (χ2n) is 4.74. The molecular weight excluding hydrogens is 216 g/mol. The van der Waals surface area contributed by atoms with Gasteiger partial charge in [0.1, 0.15) is 5.69 Å². The van der Waals surface area contributed by atoms with Gasteiger partial charge < -0.3 is 10.2 Å². The van der Waals surface area contributed by atoms with Crippen LogP contribution < -0.4 is 5.32 Å². The van der Waals surface area contributed by atoms with Crippen LogP contribution in [0.15, 0.2) is 12.3 Å². The normalized spacial score (nSPS) is 20.2. The standard InChI is InChI=1S/C12H20N4O/c1-15(9-10-4-3-6-13-8-10)12(17)11-5-7-14-16(11)2/h5,7,10,13H,3-4,6,8-9H2,1-2H3. The number of hydrogen-bond acceptors (Lipinski definition) is 3. The predicted octanol–water partition coefficient (Wildman–Crippen LogP) is 0.492. The summed E-state index contributed by atoms with van der Waals surface area (Å²) in [6.07, 6.45) is 4.07. The van der Waals surface area contributed by atoms with Crippen molar-refractivity contribution in [2.24, 2.45) is 13.0 Å². The zero-order chi connectivity index (χ0) is 12.3. The van der Waals surface area contributed by atoms with Gasteiger partial charge in [-0.25, -0.2) is 0 Å². The van der Waals surface area contributed by atoms with E-state index in [1.54, 1.807) is 28.9 Å². The lowest BCUT2D eigenvalue weighted by molar-refractivity contribution is 0.0754. The van der Waals surface area contributed by atoms with E-state index in [1.165, 1.54) is 12.8 Å². The molecule has 1 aliphatic rings. The minimum atomic E-state index is 0.0515. The summed E-state index contributed by atoms with van der Waals surface area (Å²) >= 11 is 0. The molecular formula is C12H20N4O. The Morgan fingerprint density at radius 2 is 2.53 bits per heavy atom. The van der Waals surface area contributed by atoms with Crippen molar-refractivity contribution in [1.82, 2.24) is 20.0 Å². The first kappa shape index (κ1) is 12.1. The molecule has 17 heavy (non-hydrogen) atoms. The number of aryl methyl sites for hydroxylation is 1. The number of amides is 1. The number of nitrogens with one attached hydrogen (secondary N) is 1. The molecule has 5 nitrogen and oxygen atoms in total. The van der Waals surface area contributed by atoms with Crippen molar-refractivity contribution in [3.8, 4) is 0 Å². The molecule has 1 aromatic rings. The second kappa shape index (κ2) is 5.31. The van der Waals surface area contributed by atoms with Gasteiger partial charge in [-0.1, -0.05) is 0 Å². The van der Waals surface area contributed by atoms with E-state index in [1.807, 2.05) is 7.05 Å². The quantitative estimate of drug-likeness (QED) is 0.831. The summed E-state index contributed by atoms with van der Waals surface area (Å²) in [6, 6.07) is 1.76. The Labute approximate surface area is 102 Å². The number of carbonyl (C=O) groups is 1. The third kappa shape index (κ3) is 2.85. The molecule has 0 aromatic carbocycles. The van der Waals surface area contributed by atoms with Crippen LogP contribution in [0.25, 0.3) is 0 Å². The van der Waals surface area contributed by atoms with Crippen molar-refractivity contribution in [3.63, 3.8) is 0 Å². The number of nitrogens with zero attached hydrogens (tertiary/aromatic N) is 3. The molecule has 1 atom stereocenters. The van der Waals surface area contributed by atoms with E-state index in [0.29, 0.717) is 11.6 Å². The predicted molar refractivity (Wildman–Crippen MR) is 65.8 cm³/mol. The SMILES string of the molecule is CN(CC1CCCNC1)C(=O)c1ccnn1C. The monoisotopic (exact) mass is 236 g/mol. The van der Waals surface area contributed by atoms with Crippen LogP contribution in [-0.2, 0) is 7.05 Å². The summed E-state index contributed by atoms with van der Waals surface area (Å²) < 4.78 is 1.62. The summed E-state index contributed by atoms with van der Waals surface area (Å²) in [6.45, 7) is 2.94. The lowest BCUT2D eigenvalue weighted by Crippen LogP contribution is -2.39. The highest BCUT2D eigenvalue weighted by Crippen LogP contribution is 2.12. The Morgan fingerprint density at radius 3 is 3.12 bits per heavy atom. The van der Waals surface area contributed by atoms with Gasteiger partial charge in [0.2, 0.25) is 0 Å². The molecule has 1 aromatic heterocycles. The maximum absolute atomic E-state index is 12.1. The molecule has 0 spiro atoms. The Hall–Kier alpha value is -1.36. The Kier molecular flexibility index (Phi) is 3.78. The number of rotatable bonds is 3. The molecule has 1 saturated heterocycles. The van der Waals surface area contributed by atoms with Crippen LogP contribution in [0.5, 0.6) is 0 Å². The van der Waals surface area contributed by atoms with Crippen LogP contribution in [0.1, 0.15) is 23.3 Å². The van der Waals surface area contributed by atoms with Crippen LogP contribution in [0.4, 0.5) is 0 Å². The highest BCUT2D eigenvalue weighted by atomic mass is 16.2. The number of hydrogen-bond donors (Lipinski definition) is 1. The highest BCUT2D eigenvalue weighted by molar-refractivity contribution is 5.92. The van der Waals surface area contributed by atoms with E-state index in [4.69, 9.17) is 0 Å². The first-order valence-corrected chi connectivity index (χ1v) is 6.12. The molecule has 1 amide bonds. The van der Waals surface area contributed by atoms with E-state index < -0.39 is 0 Å². The average Bonchev–Trinajstić information content (AvgIpc) is 2.76. The van der Waals surface area contributed by atoms with E-state index in [-0.39, 0.29) is 5.91 Å². The van der Waals surface area contributed by atoms with Gasteiger partial charge in [-0.2, -0.15) is 5.10 Å². The molecule has 2 heterocycles. The number of piperidine rings is 1. The smallest absolute Gasteiger partial charge is 0.271 e. The molecule has 1 N–H and O–H groups in total. The Bertz CT molecular complexity index is 382. The van der Waals surface area contributed by atoms with Crippen LogP contribution in [-0.4, -0.2) is 47.3 Å². The van der Waals surface area contributed by atoms with Crippen molar-refractivity contribution >= 4 is 5.91 Å². The van der Waals surface area contributed by atoms with Crippen molar-refractivity contribution in [3.05, 3.63) is 18.0 Å². The molecule has 0 aliphatic carbocycles. The van der Waals surface area contributed by atoms with E-state index in [9.17, 15) is 4.79 Å².